The van der Waals surface area contributed by atoms with Gasteiger partial charge in [0.15, 0.2) is 0 Å². The first kappa shape index (κ1) is 16.3. The highest BCUT2D eigenvalue weighted by atomic mass is 32.2. The molecule has 0 spiro atoms. The number of benzene rings is 3. The lowest BCUT2D eigenvalue weighted by Gasteiger charge is -2.18. The zero-order chi connectivity index (χ0) is 16.6. The summed E-state index contributed by atoms with van der Waals surface area (Å²) in [6.07, 6.45) is 0.657. The van der Waals surface area contributed by atoms with Crippen LogP contribution in [0.1, 0.15) is 22.8 Å². The molecule has 3 heteroatoms. The van der Waals surface area contributed by atoms with E-state index in [-0.39, 0.29) is 5.25 Å². The van der Waals surface area contributed by atoms with Crippen molar-refractivity contribution in [3.05, 3.63) is 102 Å². The van der Waals surface area contributed by atoms with Gasteiger partial charge in [-0.2, -0.15) is 0 Å². The fraction of sp³-hybridized carbons (Fsp3) is 0.0952. The minimum Gasteiger partial charge on any atom is -0.411 e. The normalized spacial score (nSPS) is 12.8. The number of nitrogens with zero attached hydrogens (tertiary/aromatic N) is 1. The lowest BCUT2D eigenvalue weighted by atomic mass is 10.0. The van der Waals surface area contributed by atoms with Gasteiger partial charge in [-0.15, -0.1) is 11.8 Å². The molecule has 2 nitrogen and oxygen atoms in total. The van der Waals surface area contributed by atoms with Crippen molar-refractivity contribution in [3.63, 3.8) is 0 Å². The molecule has 120 valence electrons. The second kappa shape index (κ2) is 8.37. The highest BCUT2D eigenvalue weighted by Crippen LogP contribution is 2.38. The second-order valence-corrected chi connectivity index (χ2v) is 6.72. The number of hydrogen-bond donors (Lipinski definition) is 1. The van der Waals surface area contributed by atoms with Crippen LogP contribution in [0.25, 0.3) is 0 Å². The number of oxime groups is 1. The monoisotopic (exact) mass is 333 g/mol. The molecule has 0 radical (unpaired) electrons. The van der Waals surface area contributed by atoms with Crippen molar-refractivity contribution >= 4 is 17.5 Å². The molecule has 3 aromatic rings. The zero-order valence-corrected chi connectivity index (χ0v) is 14.1. The Labute approximate surface area is 146 Å². The maximum Gasteiger partial charge on any atom is 0.0882 e. The van der Waals surface area contributed by atoms with E-state index >= 15 is 0 Å². The summed E-state index contributed by atoms with van der Waals surface area (Å²) in [5, 5.41) is 13.3. The molecule has 0 aliphatic heterocycles. The second-order valence-electron chi connectivity index (χ2n) is 5.45. The van der Waals surface area contributed by atoms with E-state index < -0.39 is 0 Å². The summed E-state index contributed by atoms with van der Waals surface area (Å²) in [4.78, 5) is 1.21. The fourth-order valence-electron chi connectivity index (χ4n) is 2.58. The van der Waals surface area contributed by atoms with Gasteiger partial charge in [0, 0.05) is 16.6 Å². The summed E-state index contributed by atoms with van der Waals surface area (Å²) in [6, 6.07) is 30.5. The maximum atomic E-state index is 9.52. The Morgan fingerprint density at radius 1 is 0.792 bits per heavy atom. The predicted molar refractivity (Wildman–Crippen MR) is 101 cm³/mol. The van der Waals surface area contributed by atoms with Gasteiger partial charge in [-0.05, 0) is 23.3 Å². The van der Waals surface area contributed by atoms with E-state index in [9.17, 15) is 5.21 Å². The molecule has 0 fully saturated rings. The van der Waals surface area contributed by atoms with Crippen LogP contribution in [0, 0.1) is 0 Å². The first-order chi connectivity index (χ1) is 11.9. The van der Waals surface area contributed by atoms with Crippen LogP contribution >= 0.6 is 11.8 Å². The van der Waals surface area contributed by atoms with Gasteiger partial charge in [-0.25, -0.2) is 0 Å². The molecule has 0 saturated carbocycles. The maximum absolute atomic E-state index is 9.52. The Bertz CT molecular complexity index is 773. The SMILES string of the molecule is O/N=C(\C[C@H](Sc1ccccc1)c1ccccc1)c1ccccc1. The van der Waals surface area contributed by atoms with E-state index in [2.05, 4.69) is 29.4 Å². The standard InChI is InChI=1S/C21H19NOS/c23-22-20(17-10-4-1-5-11-17)16-21(18-12-6-2-7-13-18)24-19-14-8-3-9-15-19/h1-15,21,23H,16H2/b22-20+/t21-/m0/s1. The largest absolute Gasteiger partial charge is 0.411 e. The quantitative estimate of drug-likeness (QED) is 0.268. The third kappa shape index (κ3) is 4.27. The van der Waals surface area contributed by atoms with Crippen LogP contribution in [0.4, 0.5) is 0 Å². The zero-order valence-electron chi connectivity index (χ0n) is 13.2. The van der Waals surface area contributed by atoms with Crippen LogP contribution in [-0.4, -0.2) is 10.9 Å². The summed E-state index contributed by atoms with van der Waals surface area (Å²) in [5.74, 6) is 0. The Hall–Kier alpha value is -2.52. The summed E-state index contributed by atoms with van der Waals surface area (Å²) in [6.45, 7) is 0. The molecule has 0 aromatic heterocycles. The lowest BCUT2D eigenvalue weighted by Crippen LogP contribution is -2.07. The average Bonchev–Trinajstić information content (AvgIpc) is 2.67. The van der Waals surface area contributed by atoms with Gasteiger partial charge >= 0.3 is 0 Å². The molecule has 0 amide bonds. The van der Waals surface area contributed by atoms with Gasteiger partial charge in [0.2, 0.25) is 0 Å². The first-order valence-electron chi connectivity index (χ1n) is 7.90. The van der Waals surface area contributed by atoms with Crippen LogP contribution in [0.3, 0.4) is 0 Å². The summed E-state index contributed by atoms with van der Waals surface area (Å²) in [7, 11) is 0. The van der Waals surface area contributed by atoms with Crippen molar-refractivity contribution in [2.45, 2.75) is 16.6 Å². The van der Waals surface area contributed by atoms with Gasteiger partial charge < -0.3 is 5.21 Å². The van der Waals surface area contributed by atoms with Gasteiger partial charge in [0.1, 0.15) is 0 Å². The highest BCUT2D eigenvalue weighted by Gasteiger charge is 2.17. The Morgan fingerprint density at radius 3 is 1.92 bits per heavy atom. The molecule has 0 aliphatic carbocycles. The third-order valence-electron chi connectivity index (χ3n) is 3.80. The molecule has 1 atom stereocenters. The highest BCUT2D eigenvalue weighted by molar-refractivity contribution is 7.99. The van der Waals surface area contributed by atoms with Crippen molar-refractivity contribution in [1.29, 1.82) is 0 Å². The van der Waals surface area contributed by atoms with E-state index in [4.69, 9.17) is 0 Å². The van der Waals surface area contributed by atoms with Gasteiger partial charge in [0.25, 0.3) is 0 Å². The van der Waals surface area contributed by atoms with Gasteiger partial charge in [-0.3, -0.25) is 0 Å². The first-order valence-corrected chi connectivity index (χ1v) is 8.78. The molecular weight excluding hydrogens is 314 g/mol. The molecule has 0 heterocycles. The molecular formula is C21H19NOS. The van der Waals surface area contributed by atoms with E-state index in [0.29, 0.717) is 12.1 Å². The molecule has 0 saturated heterocycles. The van der Waals surface area contributed by atoms with Crippen LogP contribution < -0.4 is 0 Å². The third-order valence-corrected chi connectivity index (χ3v) is 5.07. The van der Waals surface area contributed by atoms with Crippen LogP contribution in [0.15, 0.2) is 101 Å². The van der Waals surface area contributed by atoms with Crippen LogP contribution in [0.2, 0.25) is 0 Å². The molecule has 1 N–H and O–H groups in total. The van der Waals surface area contributed by atoms with Crippen molar-refractivity contribution in [2.24, 2.45) is 5.16 Å². The molecule has 24 heavy (non-hydrogen) atoms. The molecule has 3 rings (SSSR count). The minimum absolute atomic E-state index is 0.180. The summed E-state index contributed by atoms with van der Waals surface area (Å²) < 4.78 is 0. The van der Waals surface area contributed by atoms with E-state index in [1.807, 2.05) is 66.7 Å². The number of thioether (sulfide) groups is 1. The fourth-order valence-corrected chi connectivity index (χ4v) is 3.76. The van der Waals surface area contributed by atoms with Crippen molar-refractivity contribution in [3.8, 4) is 0 Å². The van der Waals surface area contributed by atoms with E-state index in [1.54, 1.807) is 11.8 Å². The van der Waals surface area contributed by atoms with Crippen LogP contribution in [-0.2, 0) is 0 Å². The minimum atomic E-state index is 0.180. The Balaban J connectivity index is 1.87. The van der Waals surface area contributed by atoms with Gasteiger partial charge in [0.05, 0.1) is 5.71 Å². The van der Waals surface area contributed by atoms with Crippen molar-refractivity contribution in [2.75, 3.05) is 0 Å². The van der Waals surface area contributed by atoms with E-state index in [1.165, 1.54) is 10.5 Å². The average molecular weight is 333 g/mol. The number of hydrogen-bond acceptors (Lipinski definition) is 3. The lowest BCUT2D eigenvalue weighted by molar-refractivity contribution is 0.318. The van der Waals surface area contributed by atoms with Crippen molar-refractivity contribution < 1.29 is 5.21 Å². The van der Waals surface area contributed by atoms with Gasteiger partial charge in [-0.1, -0.05) is 84.0 Å². The molecule has 0 aliphatic rings. The molecule has 0 unspecified atom stereocenters. The number of rotatable bonds is 6. The smallest absolute Gasteiger partial charge is 0.0882 e. The summed E-state index contributed by atoms with van der Waals surface area (Å²) in [5.41, 5.74) is 2.88. The summed E-state index contributed by atoms with van der Waals surface area (Å²) >= 11 is 1.79. The van der Waals surface area contributed by atoms with E-state index in [0.717, 1.165) is 5.56 Å². The Morgan fingerprint density at radius 2 is 1.33 bits per heavy atom. The molecule has 0 bridgehead atoms. The predicted octanol–water partition coefficient (Wildman–Crippen LogP) is 5.79. The molecule has 3 aromatic carbocycles. The van der Waals surface area contributed by atoms with Crippen molar-refractivity contribution in [1.82, 2.24) is 0 Å². The topological polar surface area (TPSA) is 32.6 Å². The van der Waals surface area contributed by atoms with Crippen LogP contribution in [0.5, 0.6) is 0 Å². The Kier molecular flexibility index (Phi) is 5.70.